The molecule has 2 rings (SSSR count). The smallest absolute Gasteiger partial charge is 0.161 e. The van der Waals surface area contributed by atoms with E-state index in [1.165, 1.54) is 0 Å². The van der Waals surface area contributed by atoms with Crippen LogP contribution >= 0.6 is 23.2 Å². The maximum atomic E-state index is 12.1. The first-order valence-corrected chi connectivity index (χ1v) is 8.10. The number of rotatable bonds is 4. The van der Waals surface area contributed by atoms with Gasteiger partial charge in [0.1, 0.15) is 10.3 Å². The van der Waals surface area contributed by atoms with E-state index < -0.39 is 15.1 Å². The molecular weight excluding hydrogens is 293 g/mol. The molecule has 1 aromatic rings. The number of hydrogen-bond donors (Lipinski definition) is 0. The molecule has 1 atom stereocenters. The highest BCUT2D eigenvalue weighted by atomic mass is 35.5. The van der Waals surface area contributed by atoms with Gasteiger partial charge in [0.15, 0.2) is 9.84 Å². The molecule has 0 fully saturated rings. The van der Waals surface area contributed by atoms with Crippen LogP contribution in [0.15, 0.2) is 18.7 Å². The van der Waals surface area contributed by atoms with Crippen LogP contribution in [0.4, 0.5) is 0 Å². The van der Waals surface area contributed by atoms with Crippen molar-refractivity contribution in [2.45, 2.75) is 30.3 Å². The van der Waals surface area contributed by atoms with Gasteiger partial charge in [-0.1, -0.05) is 29.3 Å². The third kappa shape index (κ3) is 2.56. The molecule has 0 aliphatic carbocycles. The Morgan fingerprint density at radius 1 is 1.50 bits per heavy atom. The summed E-state index contributed by atoms with van der Waals surface area (Å²) in [4.78, 5) is 3.89. The maximum Gasteiger partial charge on any atom is 0.161 e. The number of aromatic nitrogens is 1. The van der Waals surface area contributed by atoms with Gasteiger partial charge in [0, 0.05) is 5.56 Å². The van der Waals surface area contributed by atoms with Gasteiger partial charge in [-0.15, -0.1) is 6.58 Å². The van der Waals surface area contributed by atoms with Crippen LogP contribution in [-0.4, -0.2) is 13.4 Å². The van der Waals surface area contributed by atoms with Crippen molar-refractivity contribution in [2.75, 3.05) is 0 Å². The van der Waals surface area contributed by atoms with Gasteiger partial charge in [0.25, 0.3) is 0 Å². The molecule has 0 saturated heterocycles. The first kappa shape index (κ1) is 13.8. The van der Waals surface area contributed by atoms with Crippen LogP contribution in [0.3, 0.4) is 0 Å². The Hall–Kier alpha value is -0.580. The average Bonchev–Trinajstić information content (AvgIpc) is 2.52. The normalized spacial score (nSPS) is 20.7. The molecule has 2 heterocycles. The van der Waals surface area contributed by atoms with Crippen molar-refractivity contribution in [3.63, 3.8) is 0 Å². The Kier molecular flexibility index (Phi) is 3.99. The number of unbranched alkanes of at least 4 members (excludes halogenated alkanes) is 1. The van der Waals surface area contributed by atoms with Gasteiger partial charge < -0.3 is 0 Å². The van der Waals surface area contributed by atoms with Crippen molar-refractivity contribution in [3.05, 3.63) is 40.2 Å². The Bertz CT molecular complexity index is 584. The van der Waals surface area contributed by atoms with Crippen LogP contribution in [0.1, 0.15) is 35.6 Å². The zero-order chi connectivity index (χ0) is 13.3. The summed E-state index contributed by atoms with van der Waals surface area (Å²) < 4.78 is 24.2. The van der Waals surface area contributed by atoms with Gasteiger partial charge in [-0.3, -0.25) is 0 Å². The van der Waals surface area contributed by atoms with Gasteiger partial charge in [-0.05, 0) is 30.9 Å². The van der Waals surface area contributed by atoms with Gasteiger partial charge in [-0.2, -0.15) is 0 Å². The van der Waals surface area contributed by atoms with E-state index in [0.717, 1.165) is 12.8 Å². The summed E-state index contributed by atoms with van der Waals surface area (Å²) in [7, 11) is -3.18. The maximum absolute atomic E-state index is 12.1. The molecule has 0 amide bonds. The van der Waals surface area contributed by atoms with Crippen LogP contribution in [0.25, 0.3) is 0 Å². The van der Waals surface area contributed by atoms with E-state index in [2.05, 4.69) is 11.6 Å². The first-order chi connectivity index (χ1) is 8.45. The molecule has 0 saturated carbocycles. The number of sulfone groups is 1. The summed E-state index contributed by atoms with van der Waals surface area (Å²) in [6.45, 7) is 3.63. The Labute approximate surface area is 117 Å². The first-order valence-electron chi connectivity index (χ1n) is 5.63. The molecule has 0 bridgehead atoms. The van der Waals surface area contributed by atoms with Crippen LogP contribution in [0.2, 0.25) is 10.3 Å². The molecule has 1 aliphatic rings. The summed E-state index contributed by atoms with van der Waals surface area (Å²) >= 11 is 11.8. The van der Waals surface area contributed by atoms with Crippen molar-refractivity contribution >= 4 is 33.0 Å². The van der Waals surface area contributed by atoms with E-state index in [1.807, 2.05) is 0 Å². The molecule has 18 heavy (non-hydrogen) atoms. The summed E-state index contributed by atoms with van der Waals surface area (Å²) in [5, 5.41) is -0.0673. The highest BCUT2D eigenvalue weighted by Gasteiger charge is 2.38. The summed E-state index contributed by atoms with van der Waals surface area (Å²) in [6, 6.07) is 1.62. The minimum absolute atomic E-state index is 0.0376. The van der Waals surface area contributed by atoms with Gasteiger partial charge >= 0.3 is 0 Å². The largest absolute Gasteiger partial charge is 0.228 e. The molecule has 3 nitrogen and oxygen atoms in total. The van der Waals surface area contributed by atoms with E-state index in [-0.39, 0.29) is 16.1 Å². The van der Waals surface area contributed by atoms with Gasteiger partial charge in [0.2, 0.25) is 0 Å². The number of allylic oxidation sites excluding steroid dienone is 1. The molecule has 98 valence electrons. The van der Waals surface area contributed by atoms with Crippen LogP contribution < -0.4 is 0 Å². The van der Waals surface area contributed by atoms with Gasteiger partial charge in [0.05, 0.1) is 11.0 Å². The fourth-order valence-corrected chi connectivity index (χ4v) is 4.86. The van der Waals surface area contributed by atoms with Crippen LogP contribution in [0.5, 0.6) is 0 Å². The van der Waals surface area contributed by atoms with Crippen molar-refractivity contribution in [1.82, 2.24) is 4.98 Å². The van der Waals surface area contributed by atoms with Crippen molar-refractivity contribution in [2.24, 2.45) is 0 Å². The van der Waals surface area contributed by atoms with E-state index in [4.69, 9.17) is 23.2 Å². The second-order valence-corrected chi connectivity index (χ2v) is 7.25. The lowest BCUT2D eigenvalue weighted by molar-refractivity contribution is 0.577. The predicted octanol–water partition coefficient (Wildman–Crippen LogP) is 3.71. The third-order valence-corrected chi connectivity index (χ3v) is 5.63. The Balaban J connectivity index is 2.38. The number of hydrogen-bond acceptors (Lipinski definition) is 3. The van der Waals surface area contributed by atoms with Crippen LogP contribution in [-0.2, 0) is 15.6 Å². The van der Waals surface area contributed by atoms with Crippen molar-refractivity contribution in [3.8, 4) is 0 Å². The summed E-state index contributed by atoms with van der Waals surface area (Å²) in [5.41, 5.74) is 1.31. The lowest BCUT2D eigenvalue weighted by Crippen LogP contribution is -2.06. The molecular formula is C12H13Cl2NO2S. The molecule has 6 heteroatoms. The topological polar surface area (TPSA) is 47.0 Å². The molecule has 1 aliphatic heterocycles. The Morgan fingerprint density at radius 2 is 2.22 bits per heavy atom. The minimum atomic E-state index is -3.18. The highest BCUT2D eigenvalue weighted by Crippen LogP contribution is 2.42. The number of halogens is 2. The second-order valence-electron chi connectivity index (χ2n) is 4.32. The van der Waals surface area contributed by atoms with Crippen molar-refractivity contribution in [1.29, 1.82) is 0 Å². The lowest BCUT2D eigenvalue weighted by Gasteiger charge is -2.10. The van der Waals surface area contributed by atoms with E-state index in [1.54, 1.807) is 12.1 Å². The summed E-state index contributed by atoms with van der Waals surface area (Å²) in [5.74, 6) is -0.0376. The molecule has 0 aromatic carbocycles. The molecule has 0 radical (unpaired) electrons. The zero-order valence-corrected chi connectivity index (χ0v) is 12.0. The molecule has 1 aromatic heterocycles. The Morgan fingerprint density at radius 3 is 2.89 bits per heavy atom. The van der Waals surface area contributed by atoms with Gasteiger partial charge in [-0.25, -0.2) is 13.4 Å². The van der Waals surface area contributed by atoms with Crippen molar-refractivity contribution < 1.29 is 8.42 Å². The summed E-state index contributed by atoms with van der Waals surface area (Å²) in [6.07, 6.45) is 3.94. The van der Waals surface area contributed by atoms with Crippen LogP contribution in [0, 0.1) is 0 Å². The lowest BCUT2D eigenvalue weighted by atomic mass is 10.0. The fourth-order valence-electron chi connectivity index (χ4n) is 2.24. The fraction of sp³-hybridized carbons (Fsp3) is 0.417. The molecule has 0 spiro atoms. The van der Waals surface area contributed by atoms with E-state index in [9.17, 15) is 8.42 Å². The predicted molar refractivity (Wildman–Crippen MR) is 73.7 cm³/mol. The SMILES string of the molecule is C=CCCCC1c2cc(Cl)nc(Cl)c2CS1(=O)=O. The number of pyridine rings is 1. The quantitative estimate of drug-likeness (QED) is 0.484. The second kappa shape index (κ2) is 5.19. The number of fused-ring (bicyclic) bond motifs is 1. The standard InChI is InChI=1S/C12H13Cl2NO2S/c1-2-3-4-5-10-8-6-11(13)15-12(14)9(8)7-18(10,16)17/h2,6,10H,1,3-5,7H2. The van der Waals surface area contributed by atoms with E-state index in [0.29, 0.717) is 17.5 Å². The number of nitrogens with zero attached hydrogens (tertiary/aromatic N) is 1. The third-order valence-electron chi connectivity index (χ3n) is 3.08. The minimum Gasteiger partial charge on any atom is -0.228 e. The zero-order valence-electron chi connectivity index (χ0n) is 9.70. The molecule has 1 unspecified atom stereocenters. The average molecular weight is 306 g/mol. The molecule has 0 N–H and O–H groups in total. The van der Waals surface area contributed by atoms with E-state index >= 15 is 0 Å². The monoisotopic (exact) mass is 305 g/mol. The highest BCUT2D eigenvalue weighted by molar-refractivity contribution is 7.91.